The molecule has 1 aliphatic rings. The SMILES string of the molecule is CCC1CCCC(CC)C1C(C)C(C)(C)C. The second-order valence-electron chi connectivity index (χ2n) is 7.00. The van der Waals surface area contributed by atoms with Gasteiger partial charge in [-0.25, -0.2) is 0 Å². The minimum Gasteiger partial charge on any atom is -0.0651 e. The molecule has 0 aromatic carbocycles. The zero-order chi connectivity index (χ0) is 12.3. The molecule has 0 heteroatoms. The van der Waals surface area contributed by atoms with E-state index in [0.29, 0.717) is 5.41 Å². The first-order chi connectivity index (χ1) is 7.41. The molecule has 3 atom stereocenters. The van der Waals surface area contributed by atoms with E-state index < -0.39 is 0 Å². The maximum Gasteiger partial charge on any atom is -0.0327 e. The van der Waals surface area contributed by atoms with Gasteiger partial charge in [0, 0.05) is 0 Å². The zero-order valence-corrected chi connectivity index (χ0v) is 12.3. The number of hydrogen-bond donors (Lipinski definition) is 0. The van der Waals surface area contributed by atoms with Crippen LogP contribution in [0.4, 0.5) is 0 Å². The highest BCUT2D eigenvalue weighted by Gasteiger charge is 2.39. The van der Waals surface area contributed by atoms with Gasteiger partial charge in [0.25, 0.3) is 0 Å². The van der Waals surface area contributed by atoms with E-state index in [2.05, 4.69) is 41.5 Å². The predicted molar refractivity (Wildman–Crippen MR) is 73.5 cm³/mol. The van der Waals surface area contributed by atoms with Crippen LogP contribution in [0.5, 0.6) is 0 Å². The lowest BCUT2D eigenvalue weighted by molar-refractivity contribution is 0.0363. The van der Waals surface area contributed by atoms with Crippen LogP contribution >= 0.6 is 0 Å². The van der Waals surface area contributed by atoms with Crippen molar-refractivity contribution in [3.05, 3.63) is 0 Å². The van der Waals surface area contributed by atoms with E-state index in [1.54, 1.807) is 0 Å². The Balaban J connectivity index is 2.83. The molecular weight excluding hydrogens is 192 g/mol. The van der Waals surface area contributed by atoms with Crippen LogP contribution in [-0.4, -0.2) is 0 Å². The molecule has 16 heavy (non-hydrogen) atoms. The summed E-state index contributed by atoms with van der Waals surface area (Å²) < 4.78 is 0. The largest absolute Gasteiger partial charge is 0.0651 e. The Labute approximate surface area is 103 Å². The third-order valence-electron chi connectivity index (χ3n) is 5.23. The van der Waals surface area contributed by atoms with E-state index in [4.69, 9.17) is 0 Å². The van der Waals surface area contributed by atoms with Crippen LogP contribution in [0.2, 0.25) is 0 Å². The summed E-state index contributed by atoms with van der Waals surface area (Å²) in [5.74, 6) is 3.83. The molecule has 1 fully saturated rings. The monoisotopic (exact) mass is 224 g/mol. The summed E-state index contributed by atoms with van der Waals surface area (Å²) in [4.78, 5) is 0. The van der Waals surface area contributed by atoms with Crippen LogP contribution < -0.4 is 0 Å². The van der Waals surface area contributed by atoms with Gasteiger partial charge in [0.1, 0.15) is 0 Å². The van der Waals surface area contributed by atoms with Gasteiger partial charge in [-0.15, -0.1) is 0 Å². The molecule has 0 aliphatic heterocycles. The Bertz CT molecular complexity index is 187. The lowest BCUT2D eigenvalue weighted by atomic mass is 9.59. The lowest BCUT2D eigenvalue weighted by Crippen LogP contribution is -2.38. The zero-order valence-electron chi connectivity index (χ0n) is 12.3. The standard InChI is InChI=1S/C16H32/c1-7-13-10-9-11-14(8-2)15(13)12(3)16(4,5)6/h12-15H,7-11H2,1-6H3. The summed E-state index contributed by atoms with van der Waals surface area (Å²) in [6.07, 6.45) is 7.23. The molecule has 1 saturated carbocycles. The van der Waals surface area contributed by atoms with Crippen molar-refractivity contribution in [1.82, 2.24) is 0 Å². The second kappa shape index (κ2) is 5.56. The van der Waals surface area contributed by atoms with Gasteiger partial charge >= 0.3 is 0 Å². The fourth-order valence-electron chi connectivity index (χ4n) is 3.76. The van der Waals surface area contributed by atoms with Gasteiger partial charge in [0.05, 0.1) is 0 Å². The summed E-state index contributed by atoms with van der Waals surface area (Å²) in [6, 6.07) is 0. The minimum atomic E-state index is 0.475. The first-order valence-electron chi connectivity index (χ1n) is 7.41. The quantitative estimate of drug-likeness (QED) is 0.592. The molecule has 0 amide bonds. The van der Waals surface area contributed by atoms with Gasteiger partial charge in [-0.2, -0.15) is 0 Å². The molecule has 0 aromatic rings. The minimum absolute atomic E-state index is 0.475. The topological polar surface area (TPSA) is 0 Å². The van der Waals surface area contributed by atoms with E-state index in [1.165, 1.54) is 32.1 Å². The Morgan fingerprint density at radius 2 is 1.44 bits per heavy atom. The third kappa shape index (κ3) is 3.02. The first kappa shape index (κ1) is 14.1. The van der Waals surface area contributed by atoms with Crippen LogP contribution in [0.3, 0.4) is 0 Å². The molecule has 0 N–H and O–H groups in total. The smallest absolute Gasteiger partial charge is 0.0327 e. The van der Waals surface area contributed by atoms with Crippen LogP contribution in [0.1, 0.15) is 73.6 Å². The van der Waals surface area contributed by atoms with E-state index >= 15 is 0 Å². The average molecular weight is 224 g/mol. The van der Waals surface area contributed by atoms with Crippen LogP contribution in [0.15, 0.2) is 0 Å². The van der Waals surface area contributed by atoms with Crippen molar-refractivity contribution in [1.29, 1.82) is 0 Å². The van der Waals surface area contributed by atoms with Crippen molar-refractivity contribution in [2.24, 2.45) is 29.1 Å². The van der Waals surface area contributed by atoms with Gasteiger partial charge in [0.2, 0.25) is 0 Å². The molecule has 0 bridgehead atoms. The van der Waals surface area contributed by atoms with Crippen molar-refractivity contribution in [3.63, 3.8) is 0 Å². The van der Waals surface area contributed by atoms with Crippen molar-refractivity contribution in [2.45, 2.75) is 73.6 Å². The van der Waals surface area contributed by atoms with Gasteiger partial charge in [-0.1, -0.05) is 73.6 Å². The second-order valence-corrected chi connectivity index (χ2v) is 7.00. The average Bonchev–Trinajstić information content (AvgIpc) is 2.25. The maximum absolute atomic E-state index is 2.50. The molecule has 3 unspecified atom stereocenters. The van der Waals surface area contributed by atoms with E-state index in [9.17, 15) is 0 Å². The Morgan fingerprint density at radius 3 is 1.75 bits per heavy atom. The molecule has 0 spiro atoms. The first-order valence-corrected chi connectivity index (χ1v) is 7.41. The van der Waals surface area contributed by atoms with E-state index in [-0.39, 0.29) is 0 Å². The summed E-state index contributed by atoms with van der Waals surface area (Å²) in [7, 11) is 0. The molecule has 96 valence electrons. The van der Waals surface area contributed by atoms with Crippen molar-refractivity contribution < 1.29 is 0 Å². The molecule has 0 heterocycles. The molecule has 0 radical (unpaired) electrons. The lowest BCUT2D eigenvalue weighted by Gasteiger charge is -2.46. The van der Waals surface area contributed by atoms with E-state index in [1.807, 2.05) is 0 Å². The van der Waals surface area contributed by atoms with Gasteiger partial charge in [-0.3, -0.25) is 0 Å². The molecule has 1 aliphatic carbocycles. The highest BCUT2D eigenvalue weighted by molar-refractivity contribution is 4.88. The molecule has 0 aromatic heterocycles. The fourth-order valence-corrected chi connectivity index (χ4v) is 3.76. The Morgan fingerprint density at radius 1 is 1.00 bits per heavy atom. The number of rotatable bonds is 3. The Kier molecular flexibility index (Phi) is 4.88. The van der Waals surface area contributed by atoms with E-state index in [0.717, 1.165) is 23.7 Å². The summed E-state index contributed by atoms with van der Waals surface area (Å²) >= 11 is 0. The highest BCUT2D eigenvalue weighted by Crippen LogP contribution is 2.47. The fraction of sp³-hybridized carbons (Fsp3) is 1.00. The highest BCUT2D eigenvalue weighted by atomic mass is 14.4. The van der Waals surface area contributed by atoms with Crippen molar-refractivity contribution >= 4 is 0 Å². The Hall–Kier alpha value is 0. The van der Waals surface area contributed by atoms with Gasteiger partial charge in [-0.05, 0) is 29.1 Å². The molecule has 1 rings (SSSR count). The number of hydrogen-bond acceptors (Lipinski definition) is 0. The predicted octanol–water partition coefficient (Wildman–Crippen LogP) is 5.52. The molecule has 0 saturated heterocycles. The molecular formula is C16H32. The van der Waals surface area contributed by atoms with Crippen LogP contribution in [0.25, 0.3) is 0 Å². The van der Waals surface area contributed by atoms with Gasteiger partial charge in [0.15, 0.2) is 0 Å². The maximum atomic E-state index is 2.50. The van der Waals surface area contributed by atoms with Crippen molar-refractivity contribution in [2.75, 3.05) is 0 Å². The van der Waals surface area contributed by atoms with Crippen LogP contribution in [0, 0.1) is 29.1 Å². The van der Waals surface area contributed by atoms with Crippen LogP contribution in [-0.2, 0) is 0 Å². The van der Waals surface area contributed by atoms with Gasteiger partial charge < -0.3 is 0 Å². The summed E-state index contributed by atoms with van der Waals surface area (Å²) in [6.45, 7) is 14.6. The summed E-state index contributed by atoms with van der Waals surface area (Å²) in [5.41, 5.74) is 0.475. The summed E-state index contributed by atoms with van der Waals surface area (Å²) in [5, 5.41) is 0. The van der Waals surface area contributed by atoms with Crippen molar-refractivity contribution in [3.8, 4) is 0 Å². The third-order valence-corrected chi connectivity index (χ3v) is 5.23. The molecule has 0 nitrogen and oxygen atoms in total. The normalized spacial score (nSPS) is 33.8.